The second-order valence-electron chi connectivity index (χ2n) is 4.87. The van der Waals surface area contributed by atoms with E-state index in [-0.39, 0.29) is 11.4 Å². The summed E-state index contributed by atoms with van der Waals surface area (Å²) < 4.78 is 0. The molecule has 0 aliphatic heterocycles. The maximum Gasteiger partial charge on any atom is 0.234 e. The molecule has 0 heterocycles. The summed E-state index contributed by atoms with van der Waals surface area (Å²) >= 11 is 0. The molecule has 0 aliphatic rings. The summed E-state index contributed by atoms with van der Waals surface area (Å²) in [6, 6.07) is 0. The van der Waals surface area contributed by atoms with Crippen LogP contribution in [-0.2, 0) is 4.79 Å². The lowest BCUT2D eigenvalue weighted by atomic mass is 10.1. The molecular weight excluding hydrogens is 190 g/mol. The van der Waals surface area contributed by atoms with Gasteiger partial charge in [-0.25, -0.2) is 0 Å². The average molecular weight is 215 g/mol. The molecule has 0 saturated heterocycles. The van der Waals surface area contributed by atoms with Gasteiger partial charge in [-0.2, -0.15) is 0 Å². The van der Waals surface area contributed by atoms with Crippen molar-refractivity contribution in [2.45, 2.75) is 33.2 Å². The van der Waals surface area contributed by atoms with Crippen molar-refractivity contribution < 1.29 is 4.79 Å². The van der Waals surface area contributed by atoms with E-state index >= 15 is 0 Å². The predicted molar refractivity (Wildman–Crippen MR) is 63.9 cm³/mol. The van der Waals surface area contributed by atoms with E-state index in [1.54, 1.807) is 0 Å². The summed E-state index contributed by atoms with van der Waals surface area (Å²) in [5.74, 6) is 0.0571. The molecule has 1 amide bonds. The Morgan fingerprint density at radius 2 is 1.93 bits per heavy atom. The maximum atomic E-state index is 11.4. The quantitative estimate of drug-likeness (QED) is 0.632. The minimum Gasteiger partial charge on any atom is -0.350 e. The molecule has 15 heavy (non-hydrogen) atoms. The number of carbonyl (C=O) groups excluding carboxylic acids is 1. The number of likely N-dealkylation sites (N-methyl/N-ethyl adjacent to an activating group) is 1. The van der Waals surface area contributed by atoms with Crippen LogP contribution < -0.4 is 10.6 Å². The van der Waals surface area contributed by atoms with E-state index in [2.05, 4.69) is 29.5 Å². The first-order valence-electron chi connectivity index (χ1n) is 5.55. The number of hydrogen-bond acceptors (Lipinski definition) is 3. The maximum absolute atomic E-state index is 11.4. The van der Waals surface area contributed by atoms with Gasteiger partial charge in [0.15, 0.2) is 0 Å². The third-order valence-electron chi connectivity index (χ3n) is 2.01. The standard InChI is InChI=1S/C11H25N3O/c1-6-14(5)8-7-12-9-10(15)13-11(2,3)4/h12H,6-9H2,1-5H3,(H,13,15). The topological polar surface area (TPSA) is 44.4 Å². The van der Waals surface area contributed by atoms with Crippen molar-refractivity contribution in [1.29, 1.82) is 0 Å². The number of nitrogens with zero attached hydrogens (tertiary/aromatic N) is 1. The van der Waals surface area contributed by atoms with Gasteiger partial charge in [-0.05, 0) is 34.4 Å². The van der Waals surface area contributed by atoms with Crippen LogP contribution in [0.5, 0.6) is 0 Å². The Morgan fingerprint density at radius 3 is 2.40 bits per heavy atom. The molecule has 0 aromatic heterocycles. The van der Waals surface area contributed by atoms with Gasteiger partial charge in [-0.1, -0.05) is 6.92 Å². The van der Waals surface area contributed by atoms with E-state index in [1.807, 2.05) is 20.8 Å². The first kappa shape index (κ1) is 14.4. The highest BCUT2D eigenvalue weighted by Gasteiger charge is 2.12. The molecule has 0 aromatic carbocycles. The van der Waals surface area contributed by atoms with Gasteiger partial charge in [-0.3, -0.25) is 4.79 Å². The zero-order chi connectivity index (χ0) is 11.9. The molecular formula is C11H25N3O. The van der Waals surface area contributed by atoms with Gasteiger partial charge >= 0.3 is 0 Å². The summed E-state index contributed by atoms with van der Waals surface area (Å²) in [6.45, 7) is 11.3. The molecule has 0 aromatic rings. The Bertz CT molecular complexity index is 187. The van der Waals surface area contributed by atoms with E-state index in [1.165, 1.54) is 0 Å². The number of hydrogen-bond donors (Lipinski definition) is 2. The molecule has 0 saturated carbocycles. The van der Waals surface area contributed by atoms with Gasteiger partial charge in [0.2, 0.25) is 5.91 Å². The fourth-order valence-corrected chi connectivity index (χ4v) is 1.09. The van der Waals surface area contributed by atoms with E-state index in [0.29, 0.717) is 6.54 Å². The molecule has 0 spiro atoms. The van der Waals surface area contributed by atoms with Crippen LogP contribution in [-0.4, -0.2) is 49.6 Å². The van der Waals surface area contributed by atoms with Gasteiger partial charge in [0, 0.05) is 18.6 Å². The first-order chi connectivity index (χ1) is 6.85. The lowest BCUT2D eigenvalue weighted by molar-refractivity contribution is -0.121. The minimum atomic E-state index is -0.140. The molecule has 90 valence electrons. The number of carbonyl (C=O) groups is 1. The second-order valence-corrected chi connectivity index (χ2v) is 4.87. The van der Waals surface area contributed by atoms with Crippen LogP contribution in [0.1, 0.15) is 27.7 Å². The van der Waals surface area contributed by atoms with Crippen LogP contribution in [0.3, 0.4) is 0 Å². The van der Waals surface area contributed by atoms with Crippen LogP contribution in [0.25, 0.3) is 0 Å². The highest BCUT2D eigenvalue weighted by Crippen LogP contribution is 1.96. The zero-order valence-corrected chi connectivity index (χ0v) is 10.7. The Morgan fingerprint density at radius 1 is 1.33 bits per heavy atom. The van der Waals surface area contributed by atoms with E-state index in [4.69, 9.17) is 0 Å². The molecule has 2 N–H and O–H groups in total. The Kier molecular flexibility index (Phi) is 6.52. The van der Waals surface area contributed by atoms with Crippen molar-refractivity contribution in [3.63, 3.8) is 0 Å². The van der Waals surface area contributed by atoms with Gasteiger partial charge in [0.25, 0.3) is 0 Å². The van der Waals surface area contributed by atoms with Crippen LogP contribution in [0, 0.1) is 0 Å². The Hall–Kier alpha value is -0.610. The first-order valence-corrected chi connectivity index (χ1v) is 5.55. The SMILES string of the molecule is CCN(C)CCNCC(=O)NC(C)(C)C. The minimum absolute atomic E-state index is 0.0571. The largest absolute Gasteiger partial charge is 0.350 e. The summed E-state index contributed by atoms with van der Waals surface area (Å²) in [4.78, 5) is 13.6. The number of rotatable bonds is 6. The lowest BCUT2D eigenvalue weighted by Gasteiger charge is -2.21. The van der Waals surface area contributed by atoms with Crippen molar-refractivity contribution in [1.82, 2.24) is 15.5 Å². The highest BCUT2D eigenvalue weighted by molar-refractivity contribution is 5.78. The highest BCUT2D eigenvalue weighted by atomic mass is 16.2. The predicted octanol–water partition coefficient (Wildman–Crippen LogP) is 0.442. The average Bonchev–Trinajstić information content (AvgIpc) is 2.09. The summed E-state index contributed by atoms with van der Waals surface area (Å²) in [5.41, 5.74) is -0.140. The normalized spacial score (nSPS) is 11.9. The van der Waals surface area contributed by atoms with Crippen molar-refractivity contribution in [3.8, 4) is 0 Å². The van der Waals surface area contributed by atoms with E-state index < -0.39 is 0 Å². The molecule has 0 aliphatic carbocycles. The van der Waals surface area contributed by atoms with Crippen molar-refractivity contribution in [2.75, 3.05) is 33.2 Å². The second kappa shape index (κ2) is 6.80. The fraction of sp³-hybridized carbons (Fsp3) is 0.909. The Balaban J connectivity index is 3.48. The third-order valence-corrected chi connectivity index (χ3v) is 2.01. The van der Waals surface area contributed by atoms with Gasteiger partial charge < -0.3 is 15.5 Å². The van der Waals surface area contributed by atoms with Crippen LogP contribution in [0.2, 0.25) is 0 Å². The fourth-order valence-electron chi connectivity index (χ4n) is 1.09. The van der Waals surface area contributed by atoms with Crippen molar-refractivity contribution in [2.24, 2.45) is 0 Å². The summed E-state index contributed by atoms with van der Waals surface area (Å²) in [7, 11) is 2.07. The number of nitrogens with one attached hydrogen (secondary N) is 2. The van der Waals surface area contributed by atoms with Crippen LogP contribution >= 0.6 is 0 Å². The lowest BCUT2D eigenvalue weighted by Crippen LogP contribution is -2.45. The monoisotopic (exact) mass is 215 g/mol. The summed E-state index contributed by atoms with van der Waals surface area (Å²) in [6.07, 6.45) is 0. The molecule has 0 radical (unpaired) electrons. The van der Waals surface area contributed by atoms with Crippen molar-refractivity contribution >= 4 is 5.91 Å². The molecule has 4 heteroatoms. The zero-order valence-electron chi connectivity index (χ0n) is 10.7. The van der Waals surface area contributed by atoms with Gasteiger partial charge in [-0.15, -0.1) is 0 Å². The molecule has 0 atom stereocenters. The van der Waals surface area contributed by atoms with E-state index in [9.17, 15) is 4.79 Å². The van der Waals surface area contributed by atoms with Gasteiger partial charge in [0.1, 0.15) is 0 Å². The molecule has 0 unspecified atom stereocenters. The molecule has 0 bridgehead atoms. The molecule has 4 nitrogen and oxygen atoms in total. The smallest absolute Gasteiger partial charge is 0.234 e. The van der Waals surface area contributed by atoms with Crippen LogP contribution in [0.4, 0.5) is 0 Å². The molecule has 0 rings (SSSR count). The third kappa shape index (κ3) is 9.69. The van der Waals surface area contributed by atoms with Gasteiger partial charge in [0.05, 0.1) is 6.54 Å². The van der Waals surface area contributed by atoms with Crippen LogP contribution in [0.15, 0.2) is 0 Å². The van der Waals surface area contributed by atoms with Crippen molar-refractivity contribution in [3.05, 3.63) is 0 Å². The van der Waals surface area contributed by atoms with E-state index in [0.717, 1.165) is 19.6 Å². The molecule has 0 fully saturated rings. The Labute approximate surface area is 93.4 Å². The number of amides is 1. The summed E-state index contributed by atoms with van der Waals surface area (Å²) in [5, 5.41) is 6.03.